The van der Waals surface area contributed by atoms with Crippen molar-refractivity contribution in [1.82, 2.24) is 9.55 Å². The molecule has 3 atom stereocenters. The summed E-state index contributed by atoms with van der Waals surface area (Å²) in [6, 6.07) is 3.54. The fourth-order valence-electron chi connectivity index (χ4n) is 3.85. The highest BCUT2D eigenvalue weighted by atomic mass is 16.6. The van der Waals surface area contributed by atoms with Gasteiger partial charge in [-0.05, 0) is 62.9 Å². The molecule has 3 unspecified atom stereocenters. The minimum atomic E-state index is -0.651. The number of H-pyrrole nitrogens is 1. The highest BCUT2D eigenvalue weighted by Gasteiger charge is 2.38. The smallest absolute Gasteiger partial charge is 0.338 e. The van der Waals surface area contributed by atoms with Gasteiger partial charge in [0.15, 0.2) is 0 Å². The lowest BCUT2D eigenvalue weighted by Crippen LogP contribution is -2.33. The third-order valence-corrected chi connectivity index (χ3v) is 6.02. The molecule has 3 rings (SSSR count). The van der Waals surface area contributed by atoms with E-state index >= 15 is 0 Å². The van der Waals surface area contributed by atoms with Crippen LogP contribution < -0.4 is 11.2 Å². The maximum absolute atomic E-state index is 12.4. The zero-order chi connectivity index (χ0) is 24.3. The van der Waals surface area contributed by atoms with Gasteiger partial charge >= 0.3 is 17.6 Å². The number of esters is 2. The van der Waals surface area contributed by atoms with Crippen LogP contribution in [0.3, 0.4) is 0 Å². The molecule has 1 aliphatic rings. The minimum absolute atomic E-state index is 0.0924. The van der Waals surface area contributed by atoms with Crippen LogP contribution in [0.1, 0.15) is 65.0 Å². The van der Waals surface area contributed by atoms with Crippen LogP contribution in [-0.4, -0.2) is 40.3 Å². The Labute approximate surface area is 191 Å². The molecule has 9 heteroatoms. The summed E-state index contributed by atoms with van der Waals surface area (Å²) in [5.41, 5.74) is 2.92. The Morgan fingerprint density at radius 1 is 1.12 bits per heavy atom. The number of benzene rings is 1. The number of aryl methyl sites for hydroxylation is 3. The second-order valence-corrected chi connectivity index (χ2v) is 8.40. The SMILES string of the molecule is CCC1OC(n2cc(C)c(=O)[nH]c2=O)CC1OC(=O)CCOC(=O)c1cc(C)c(C)c(C)c1. The summed E-state index contributed by atoms with van der Waals surface area (Å²) < 4.78 is 18.0. The molecule has 2 heterocycles. The maximum atomic E-state index is 12.4. The summed E-state index contributed by atoms with van der Waals surface area (Å²) in [6.45, 7) is 9.24. The Balaban J connectivity index is 1.55. The molecule has 0 amide bonds. The number of nitrogens with one attached hydrogen (secondary N) is 1. The molecule has 1 aliphatic heterocycles. The van der Waals surface area contributed by atoms with Crippen LogP contribution in [0.4, 0.5) is 0 Å². The van der Waals surface area contributed by atoms with Gasteiger partial charge in [0.25, 0.3) is 5.56 Å². The van der Waals surface area contributed by atoms with Gasteiger partial charge in [0.05, 0.1) is 18.1 Å². The van der Waals surface area contributed by atoms with Crippen LogP contribution in [-0.2, 0) is 19.0 Å². The van der Waals surface area contributed by atoms with Crippen molar-refractivity contribution in [2.75, 3.05) is 6.61 Å². The third kappa shape index (κ3) is 5.60. The van der Waals surface area contributed by atoms with Crippen LogP contribution in [0.15, 0.2) is 27.9 Å². The Bertz CT molecular complexity index is 1140. The van der Waals surface area contributed by atoms with E-state index in [1.54, 1.807) is 19.1 Å². The molecule has 1 aromatic heterocycles. The van der Waals surface area contributed by atoms with Crippen LogP contribution in [0.25, 0.3) is 0 Å². The van der Waals surface area contributed by atoms with Crippen LogP contribution in [0, 0.1) is 27.7 Å². The van der Waals surface area contributed by atoms with Gasteiger partial charge in [-0.3, -0.25) is 19.1 Å². The molecular weight excluding hydrogens is 428 g/mol. The highest BCUT2D eigenvalue weighted by molar-refractivity contribution is 5.90. The molecule has 0 saturated carbocycles. The molecule has 1 N–H and O–H groups in total. The van der Waals surface area contributed by atoms with E-state index < -0.39 is 35.5 Å². The van der Waals surface area contributed by atoms with E-state index in [1.807, 2.05) is 27.7 Å². The average molecular weight is 459 g/mol. The van der Waals surface area contributed by atoms with Gasteiger partial charge < -0.3 is 14.2 Å². The van der Waals surface area contributed by atoms with Gasteiger partial charge in [-0.2, -0.15) is 0 Å². The Morgan fingerprint density at radius 3 is 2.42 bits per heavy atom. The van der Waals surface area contributed by atoms with Crippen LogP contribution in [0.2, 0.25) is 0 Å². The molecule has 0 spiro atoms. The molecule has 1 fully saturated rings. The third-order valence-electron chi connectivity index (χ3n) is 6.02. The number of rotatable bonds is 7. The number of aromatic nitrogens is 2. The summed E-state index contributed by atoms with van der Waals surface area (Å²) in [7, 11) is 0. The van der Waals surface area contributed by atoms with Gasteiger partial charge in [-0.15, -0.1) is 0 Å². The van der Waals surface area contributed by atoms with E-state index in [0.29, 0.717) is 17.5 Å². The van der Waals surface area contributed by atoms with E-state index in [1.165, 1.54) is 10.8 Å². The number of hydrogen-bond acceptors (Lipinski definition) is 7. The van der Waals surface area contributed by atoms with Crippen molar-refractivity contribution < 1.29 is 23.8 Å². The first-order valence-electron chi connectivity index (χ1n) is 11.0. The zero-order valence-corrected chi connectivity index (χ0v) is 19.6. The van der Waals surface area contributed by atoms with Crippen molar-refractivity contribution >= 4 is 11.9 Å². The number of nitrogens with zero attached hydrogens (tertiary/aromatic N) is 1. The van der Waals surface area contributed by atoms with E-state index in [4.69, 9.17) is 14.2 Å². The Morgan fingerprint density at radius 2 is 1.79 bits per heavy atom. The summed E-state index contributed by atoms with van der Waals surface area (Å²) >= 11 is 0. The van der Waals surface area contributed by atoms with Gasteiger partial charge in [0, 0.05) is 18.2 Å². The number of carbonyl (C=O) groups is 2. The van der Waals surface area contributed by atoms with Gasteiger partial charge in [-0.25, -0.2) is 9.59 Å². The average Bonchev–Trinajstić information content (AvgIpc) is 3.16. The summed E-state index contributed by atoms with van der Waals surface area (Å²) in [5.74, 6) is -1.01. The second-order valence-electron chi connectivity index (χ2n) is 8.40. The van der Waals surface area contributed by atoms with Gasteiger partial charge in [0.2, 0.25) is 0 Å². The molecule has 1 aromatic carbocycles. The molecule has 178 valence electrons. The van der Waals surface area contributed by atoms with E-state index in [2.05, 4.69) is 4.98 Å². The maximum Gasteiger partial charge on any atom is 0.338 e. The van der Waals surface area contributed by atoms with Crippen molar-refractivity contribution in [3.8, 4) is 0 Å². The normalized spacial score (nSPS) is 20.0. The summed E-state index contributed by atoms with van der Waals surface area (Å²) in [4.78, 5) is 50.7. The fraction of sp³-hybridized carbons (Fsp3) is 0.500. The Hall–Kier alpha value is -3.20. The lowest BCUT2D eigenvalue weighted by Gasteiger charge is -2.17. The first-order valence-corrected chi connectivity index (χ1v) is 11.0. The van der Waals surface area contributed by atoms with Crippen LogP contribution in [0.5, 0.6) is 0 Å². The Kier molecular flexibility index (Phi) is 7.53. The minimum Gasteiger partial charge on any atom is -0.461 e. The number of aromatic amines is 1. The number of hydrogen-bond donors (Lipinski definition) is 1. The first-order chi connectivity index (χ1) is 15.6. The molecule has 0 radical (unpaired) electrons. The predicted molar refractivity (Wildman–Crippen MR) is 120 cm³/mol. The summed E-state index contributed by atoms with van der Waals surface area (Å²) in [6.07, 6.45) is 0.608. The van der Waals surface area contributed by atoms with Crippen molar-refractivity contribution in [3.63, 3.8) is 0 Å². The fourth-order valence-corrected chi connectivity index (χ4v) is 3.85. The standard InChI is InChI=1S/C24H30N2O7/c1-6-18-19(11-20(32-18)26-12-15(4)22(28)25-24(26)30)33-21(27)7-8-31-23(29)17-9-13(2)16(5)14(3)10-17/h9-10,12,18-20H,6-8,11H2,1-5H3,(H,25,28,30). The molecule has 9 nitrogen and oxygen atoms in total. The van der Waals surface area contributed by atoms with Crippen molar-refractivity contribution in [1.29, 1.82) is 0 Å². The van der Waals surface area contributed by atoms with Crippen molar-refractivity contribution in [2.45, 2.75) is 72.3 Å². The van der Waals surface area contributed by atoms with E-state index in [-0.39, 0.29) is 25.6 Å². The van der Waals surface area contributed by atoms with E-state index in [9.17, 15) is 19.2 Å². The molecular formula is C24H30N2O7. The zero-order valence-electron chi connectivity index (χ0n) is 19.6. The topological polar surface area (TPSA) is 117 Å². The molecule has 1 saturated heterocycles. The summed E-state index contributed by atoms with van der Waals surface area (Å²) in [5, 5.41) is 0. The second kappa shape index (κ2) is 10.2. The largest absolute Gasteiger partial charge is 0.461 e. The van der Waals surface area contributed by atoms with Crippen LogP contribution >= 0.6 is 0 Å². The molecule has 0 bridgehead atoms. The monoisotopic (exact) mass is 458 g/mol. The van der Waals surface area contributed by atoms with Crippen molar-refractivity contribution in [2.24, 2.45) is 0 Å². The number of carbonyl (C=O) groups excluding carboxylic acids is 2. The number of ether oxygens (including phenoxy) is 3. The van der Waals surface area contributed by atoms with Crippen molar-refractivity contribution in [3.05, 3.63) is 67.0 Å². The molecule has 33 heavy (non-hydrogen) atoms. The van der Waals surface area contributed by atoms with E-state index in [0.717, 1.165) is 16.7 Å². The molecule has 0 aliphatic carbocycles. The van der Waals surface area contributed by atoms with Gasteiger partial charge in [0.1, 0.15) is 18.9 Å². The molecule has 2 aromatic rings. The quantitative estimate of drug-likeness (QED) is 0.634. The lowest BCUT2D eigenvalue weighted by atomic mass is 10.0. The first kappa shape index (κ1) is 24.4. The lowest BCUT2D eigenvalue weighted by molar-refractivity contribution is -0.152. The predicted octanol–water partition coefficient (Wildman–Crippen LogP) is 2.63. The van der Waals surface area contributed by atoms with Gasteiger partial charge in [-0.1, -0.05) is 6.92 Å². The highest BCUT2D eigenvalue weighted by Crippen LogP contribution is 2.31.